The van der Waals surface area contributed by atoms with Gasteiger partial charge in [0.25, 0.3) is 0 Å². The van der Waals surface area contributed by atoms with Crippen molar-refractivity contribution in [2.24, 2.45) is 5.73 Å². The minimum Gasteiger partial charge on any atom is -0.398 e. The number of aromatic nitrogens is 5. The number of allylic oxidation sites excluding steroid dienone is 1. The van der Waals surface area contributed by atoms with Crippen LogP contribution < -0.4 is 16.0 Å². The molecule has 0 amide bonds. The van der Waals surface area contributed by atoms with E-state index in [0.717, 1.165) is 39.0 Å². The molecule has 0 saturated carbocycles. The van der Waals surface area contributed by atoms with E-state index >= 15 is 0 Å². The lowest BCUT2D eigenvalue weighted by Crippen LogP contribution is -2.63. The zero-order valence-electron chi connectivity index (χ0n) is 19.2. The first-order valence-corrected chi connectivity index (χ1v) is 10.7. The van der Waals surface area contributed by atoms with Gasteiger partial charge in [-0.2, -0.15) is 5.10 Å². The number of pyridine rings is 3. The van der Waals surface area contributed by atoms with Crippen LogP contribution in [0.2, 0.25) is 0 Å². The minimum atomic E-state index is 0.362. The van der Waals surface area contributed by atoms with E-state index in [9.17, 15) is 0 Å². The Hall–Kier alpha value is -4.20. The minimum absolute atomic E-state index is 0.362. The Bertz CT molecular complexity index is 1360. The Balaban J connectivity index is 1.73. The van der Waals surface area contributed by atoms with Gasteiger partial charge in [-0.25, -0.2) is 4.98 Å². The van der Waals surface area contributed by atoms with Crippen LogP contribution in [0.4, 0.5) is 11.6 Å². The zero-order chi connectivity index (χ0) is 23.4. The molecule has 4 rings (SSSR count). The van der Waals surface area contributed by atoms with Gasteiger partial charge in [0.2, 0.25) is 0 Å². The van der Waals surface area contributed by atoms with Crippen LogP contribution in [0.3, 0.4) is 0 Å². The van der Waals surface area contributed by atoms with Crippen LogP contribution in [0.5, 0.6) is 0 Å². The van der Waals surface area contributed by atoms with E-state index in [1.807, 2.05) is 56.6 Å². The first-order valence-electron chi connectivity index (χ1n) is 10.7. The normalized spacial score (nSPS) is 12.4. The van der Waals surface area contributed by atoms with Gasteiger partial charge < -0.3 is 11.1 Å². The van der Waals surface area contributed by atoms with Crippen LogP contribution in [0, 0.1) is 6.92 Å². The van der Waals surface area contributed by atoms with E-state index in [1.54, 1.807) is 18.6 Å². The van der Waals surface area contributed by atoms with Gasteiger partial charge in [0, 0.05) is 29.2 Å². The number of anilines is 2. The highest BCUT2D eigenvalue weighted by atomic mass is 15.2. The second-order valence-corrected chi connectivity index (χ2v) is 8.06. The molecule has 4 heterocycles. The number of nitrogens with two attached hydrogens (primary N) is 1. The summed E-state index contributed by atoms with van der Waals surface area (Å²) in [5.74, 6) is 1.68. The predicted molar refractivity (Wildman–Crippen MR) is 132 cm³/mol. The van der Waals surface area contributed by atoms with Gasteiger partial charge in [-0.3, -0.25) is 15.0 Å². The van der Waals surface area contributed by atoms with Crippen LogP contribution >= 0.6 is 0 Å². The molecule has 0 aromatic carbocycles. The smallest absolute Gasteiger partial charge is 0.171 e. The Morgan fingerprint density at radius 3 is 2.61 bits per heavy atom. The maximum Gasteiger partial charge on any atom is 0.171 e. The highest BCUT2D eigenvalue weighted by Crippen LogP contribution is 2.24. The van der Waals surface area contributed by atoms with Crippen molar-refractivity contribution in [3.05, 3.63) is 77.4 Å². The molecule has 166 valence electrons. The number of aryl methyl sites for hydroxylation is 1. The summed E-state index contributed by atoms with van der Waals surface area (Å²) in [5.41, 5.74) is 13.3. The molecule has 0 spiro atoms. The van der Waals surface area contributed by atoms with E-state index in [1.165, 1.54) is 0 Å². The predicted octanol–water partition coefficient (Wildman–Crippen LogP) is 2.60. The molecule has 0 bridgehead atoms. The molecule has 0 aliphatic heterocycles. The molecule has 0 saturated heterocycles. The van der Waals surface area contributed by atoms with Crippen molar-refractivity contribution in [1.29, 1.82) is 0 Å². The number of nitrogens with zero attached hydrogens (tertiary/aromatic N) is 5. The third-order valence-electron chi connectivity index (χ3n) is 5.23. The molecular weight excluding hydrogens is 412 g/mol. The van der Waals surface area contributed by atoms with Crippen molar-refractivity contribution in [2.75, 3.05) is 12.4 Å². The Morgan fingerprint density at radius 2 is 1.85 bits per heavy atom. The van der Waals surface area contributed by atoms with E-state index in [-0.39, 0.29) is 0 Å². The van der Waals surface area contributed by atoms with E-state index in [2.05, 4.69) is 44.3 Å². The lowest BCUT2D eigenvalue weighted by atomic mass is 10.0. The van der Waals surface area contributed by atoms with Crippen molar-refractivity contribution < 1.29 is 4.99 Å². The number of hydrogen-bond acceptors (Lipinski definition) is 7. The fraction of sp³-hybridized carbons (Fsp3) is 0.200. The van der Waals surface area contributed by atoms with Crippen LogP contribution in [0.25, 0.3) is 22.3 Å². The molecule has 33 heavy (non-hydrogen) atoms. The second kappa shape index (κ2) is 9.52. The summed E-state index contributed by atoms with van der Waals surface area (Å²) in [6, 6.07) is 11.6. The number of fused-ring (bicyclic) bond motifs is 1. The van der Waals surface area contributed by atoms with Crippen molar-refractivity contribution in [1.82, 2.24) is 25.1 Å². The van der Waals surface area contributed by atoms with Gasteiger partial charge in [0.15, 0.2) is 12.0 Å². The van der Waals surface area contributed by atoms with Gasteiger partial charge in [0.1, 0.15) is 12.9 Å². The molecule has 0 atom stereocenters. The van der Waals surface area contributed by atoms with Crippen molar-refractivity contribution >= 4 is 40.2 Å². The molecular formula is C25H27N8+. The van der Waals surface area contributed by atoms with Gasteiger partial charge in [-0.1, -0.05) is 13.8 Å². The Labute approximate surface area is 192 Å². The standard InChI is InChI=1S/C25H26N8/c1-15(2)18-11-24(33-30-13-18)32-23-6-5-21-22(31-23)10-19(12-29-21)20(14-27-4)25(26)17-7-8-28-16(3)9-17/h5-15H,26H2,1-4H3,(H,31,32,33)/p+1. The van der Waals surface area contributed by atoms with Gasteiger partial charge in [-0.15, -0.1) is 5.10 Å². The monoisotopic (exact) mass is 439 g/mol. The van der Waals surface area contributed by atoms with Crippen molar-refractivity contribution in [3.8, 4) is 0 Å². The Morgan fingerprint density at radius 1 is 1.00 bits per heavy atom. The fourth-order valence-corrected chi connectivity index (χ4v) is 3.44. The average Bonchev–Trinajstić information content (AvgIpc) is 2.82. The number of nitrogens with one attached hydrogen (secondary N) is 2. The molecule has 0 unspecified atom stereocenters. The van der Waals surface area contributed by atoms with Gasteiger partial charge in [-0.05, 0) is 54.8 Å². The van der Waals surface area contributed by atoms with E-state index in [0.29, 0.717) is 23.3 Å². The summed E-state index contributed by atoms with van der Waals surface area (Å²) >= 11 is 0. The fourth-order valence-electron chi connectivity index (χ4n) is 3.44. The molecule has 0 aliphatic rings. The maximum absolute atomic E-state index is 6.55. The zero-order valence-corrected chi connectivity index (χ0v) is 19.2. The number of hydrogen-bond donors (Lipinski definition) is 3. The molecule has 4 aromatic rings. The molecule has 0 aliphatic carbocycles. The SMILES string of the molecule is C[NH+]=CC(=C(N)c1ccnc(C)c1)c1cnc2ccc(Nc3cc(C(C)C)cnn3)nc2c1. The third kappa shape index (κ3) is 5.01. The molecule has 4 N–H and O–H groups in total. The lowest BCUT2D eigenvalue weighted by molar-refractivity contribution is -0.412. The largest absolute Gasteiger partial charge is 0.398 e. The molecule has 8 nitrogen and oxygen atoms in total. The molecule has 0 radical (unpaired) electrons. The summed E-state index contributed by atoms with van der Waals surface area (Å²) in [4.78, 5) is 16.7. The molecule has 8 heteroatoms. The van der Waals surface area contributed by atoms with Gasteiger partial charge >= 0.3 is 0 Å². The second-order valence-electron chi connectivity index (χ2n) is 8.06. The summed E-state index contributed by atoms with van der Waals surface area (Å²) < 4.78 is 0. The van der Waals surface area contributed by atoms with Crippen LogP contribution in [0.15, 0.2) is 55.0 Å². The van der Waals surface area contributed by atoms with Crippen LogP contribution in [-0.4, -0.2) is 38.4 Å². The highest BCUT2D eigenvalue weighted by Gasteiger charge is 2.12. The number of rotatable bonds is 6. The van der Waals surface area contributed by atoms with Gasteiger partial charge in [0.05, 0.1) is 28.5 Å². The average molecular weight is 440 g/mol. The summed E-state index contributed by atoms with van der Waals surface area (Å²) in [6.45, 7) is 6.18. The van der Waals surface area contributed by atoms with E-state index < -0.39 is 0 Å². The Kier molecular flexibility index (Phi) is 6.35. The lowest BCUT2D eigenvalue weighted by Gasteiger charge is -2.10. The first kappa shape index (κ1) is 22.0. The summed E-state index contributed by atoms with van der Waals surface area (Å²) in [5, 5.41) is 11.5. The first-order chi connectivity index (χ1) is 15.9. The maximum atomic E-state index is 6.55. The summed E-state index contributed by atoms with van der Waals surface area (Å²) in [7, 11) is 1.84. The van der Waals surface area contributed by atoms with Crippen molar-refractivity contribution in [2.45, 2.75) is 26.7 Å². The molecule has 0 fully saturated rings. The van der Waals surface area contributed by atoms with E-state index in [4.69, 9.17) is 10.7 Å². The van der Waals surface area contributed by atoms with Crippen molar-refractivity contribution in [3.63, 3.8) is 0 Å². The summed E-state index contributed by atoms with van der Waals surface area (Å²) in [6.07, 6.45) is 7.20. The quantitative estimate of drug-likeness (QED) is 0.395. The van der Waals surface area contributed by atoms with Crippen LogP contribution in [-0.2, 0) is 0 Å². The molecule has 4 aromatic heterocycles. The van der Waals surface area contributed by atoms with Crippen LogP contribution in [0.1, 0.15) is 42.1 Å². The third-order valence-corrected chi connectivity index (χ3v) is 5.23. The highest BCUT2D eigenvalue weighted by molar-refractivity contribution is 6.17. The topological polar surface area (TPSA) is 116 Å².